The van der Waals surface area contributed by atoms with Crippen LogP contribution in [0.2, 0.25) is 0 Å². The number of hydrogen-bond acceptors (Lipinski definition) is 2. The second-order valence-electron chi connectivity index (χ2n) is 6.41. The molecule has 3 aromatic carbocycles. The van der Waals surface area contributed by atoms with Crippen molar-refractivity contribution in [3.8, 4) is 33.8 Å². The van der Waals surface area contributed by atoms with Crippen molar-refractivity contribution < 1.29 is 5.11 Å². The molecular weight excluding hydrogens is 334 g/mol. The number of nitrogens with zero attached hydrogens (tertiary/aromatic N) is 1. The van der Waals surface area contributed by atoms with Crippen molar-refractivity contribution in [3.05, 3.63) is 107 Å². The quantitative estimate of drug-likeness (QED) is 0.551. The Balaban J connectivity index is 2.14. The van der Waals surface area contributed by atoms with Gasteiger partial charge in [-0.1, -0.05) is 78.9 Å². The molecule has 0 aliphatic heterocycles. The van der Waals surface area contributed by atoms with Gasteiger partial charge in [0.15, 0.2) is 0 Å². The zero-order valence-electron chi connectivity index (χ0n) is 15.0. The van der Waals surface area contributed by atoms with Gasteiger partial charge in [0.25, 0.3) is 5.56 Å². The SMILES string of the molecule is Cc1c(O)c(-c2ccccc2)c(=O)n(-c2ccccc2)c1-c1ccccc1. The molecule has 0 atom stereocenters. The molecular formula is C24H19NO2. The van der Waals surface area contributed by atoms with Crippen LogP contribution in [0.15, 0.2) is 95.8 Å². The average Bonchev–Trinajstić information content (AvgIpc) is 2.73. The molecule has 0 aliphatic rings. The predicted molar refractivity (Wildman–Crippen MR) is 109 cm³/mol. The molecule has 0 saturated heterocycles. The summed E-state index contributed by atoms with van der Waals surface area (Å²) in [6.07, 6.45) is 0. The number of aromatic hydroxyl groups is 1. The van der Waals surface area contributed by atoms with Crippen molar-refractivity contribution in [2.24, 2.45) is 0 Å². The molecule has 4 aromatic rings. The van der Waals surface area contributed by atoms with Gasteiger partial charge in [-0.05, 0) is 30.2 Å². The molecule has 0 bridgehead atoms. The molecule has 0 aliphatic carbocycles. The van der Waals surface area contributed by atoms with Crippen molar-refractivity contribution in [1.29, 1.82) is 0 Å². The first kappa shape index (κ1) is 16.9. The third-order valence-corrected chi connectivity index (χ3v) is 4.71. The number of para-hydroxylation sites is 1. The zero-order valence-corrected chi connectivity index (χ0v) is 15.0. The van der Waals surface area contributed by atoms with Gasteiger partial charge >= 0.3 is 0 Å². The Labute approximate surface area is 157 Å². The van der Waals surface area contributed by atoms with E-state index in [-0.39, 0.29) is 11.3 Å². The smallest absolute Gasteiger partial charge is 0.267 e. The van der Waals surface area contributed by atoms with Crippen LogP contribution in [0, 0.1) is 6.92 Å². The van der Waals surface area contributed by atoms with E-state index in [1.807, 2.05) is 97.9 Å². The van der Waals surface area contributed by atoms with Crippen molar-refractivity contribution >= 4 is 0 Å². The predicted octanol–water partition coefficient (Wildman–Crippen LogP) is 5.19. The third kappa shape index (κ3) is 2.93. The third-order valence-electron chi connectivity index (χ3n) is 4.71. The number of pyridine rings is 1. The average molecular weight is 353 g/mol. The van der Waals surface area contributed by atoms with Gasteiger partial charge in [-0.3, -0.25) is 9.36 Å². The van der Waals surface area contributed by atoms with Gasteiger partial charge in [0.2, 0.25) is 0 Å². The molecule has 0 spiro atoms. The maximum absolute atomic E-state index is 13.5. The second kappa shape index (κ2) is 6.96. The summed E-state index contributed by atoms with van der Waals surface area (Å²) in [5.74, 6) is 0.0252. The Morgan fingerprint density at radius 2 is 1.19 bits per heavy atom. The van der Waals surface area contributed by atoms with E-state index in [1.54, 1.807) is 4.57 Å². The van der Waals surface area contributed by atoms with Gasteiger partial charge < -0.3 is 5.11 Å². The summed E-state index contributed by atoms with van der Waals surface area (Å²) < 4.78 is 1.69. The highest BCUT2D eigenvalue weighted by atomic mass is 16.3. The van der Waals surface area contributed by atoms with Crippen LogP contribution in [0.3, 0.4) is 0 Å². The van der Waals surface area contributed by atoms with Gasteiger partial charge in [-0.2, -0.15) is 0 Å². The number of benzene rings is 3. The minimum absolute atomic E-state index is 0.0252. The standard InChI is InChI=1S/C24H19NO2/c1-17-22(19-13-7-3-8-14-19)25(20-15-9-4-10-16-20)24(27)21(23(17)26)18-11-5-2-6-12-18/h2-16,26H,1H3. The van der Waals surface area contributed by atoms with E-state index in [2.05, 4.69) is 0 Å². The van der Waals surface area contributed by atoms with Crippen LogP contribution >= 0.6 is 0 Å². The lowest BCUT2D eigenvalue weighted by Gasteiger charge is -2.20. The molecule has 0 saturated carbocycles. The minimum Gasteiger partial charge on any atom is -0.507 e. The fourth-order valence-corrected chi connectivity index (χ4v) is 3.41. The summed E-state index contributed by atoms with van der Waals surface area (Å²) >= 11 is 0. The van der Waals surface area contributed by atoms with Gasteiger partial charge in [-0.15, -0.1) is 0 Å². The monoisotopic (exact) mass is 353 g/mol. The van der Waals surface area contributed by atoms with Crippen LogP contribution in [-0.2, 0) is 0 Å². The molecule has 4 rings (SSSR count). The molecule has 132 valence electrons. The first-order valence-corrected chi connectivity index (χ1v) is 8.83. The van der Waals surface area contributed by atoms with E-state index in [4.69, 9.17) is 0 Å². The lowest BCUT2D eigenvalue weighted by atomic mass is 9.98. The van der Waals surface area contributed by atoms with Crippen LogP contribution < -0.4 is 5.56 Å². The highest BCUT2D eigenvalue weighted by Crippen LogP contribution is 2.36. The fourth-order valence-electron chi connectivity index (χ4n) is 3.41. The summed E-state index contributed by atoms with van der Waals surface area (Å²) in [5, 5.41) is 10.9. The highest BCUT2D eigenvalue weighted by molar-refractivity contribution is 5.78. The second-order valence-corrected chi connectivity index (χ2v) is 6.41. The van der Waals surface area contributed by atoms with Gasteiger partial charge in [0.05, 0.1) is 11.3 Å². The molecule has 27 heavy (non-hydrogen) atoms. The highest BCUT2D eigenvalue weighted by Gasteiger charge is 2.21. The van der Waals surface area contributed by atoms with E-state index in [9.17, 15) is 9.90 Å². The topological polar surface area (TPSA) is 42.2 Å². The largest absolute Gasteiger partial charge is 0.507 e. The van der Waals surface area contributed by atoms with E-state index < -0.39 is 0 Å². The van der Waals surface area contributed by atoms with E-state index in [0.29, 0.717) is 22.4 Å². The molecule has 1 N–H and O–H groups in total. The Hall–Kier alpha value is -3.59. The molecule has 1 heterocycles. The van der Waals surface area contributed by atoms with Crippen molar-refractivity contribution in [1.82, 2.24) is 4.57 Å². The molecule has 3 nitrogen and oxygen atoms in total. The Morgan fingerprint density at radius 3 is 1.74 bits per heavy atom. The van der Waals surface area contributed by atoms with E-state index in [0.717, 1.165) is 11.3 Å². The molecule has 0 amide bonds. The van der Waals surface area contributed by atoms with Crippen molar-refractivity contribution in [2.75, 3.05) is 0 Å². The van der Waals surface area contributed by atoms with Crippen molar-refractivity contribution in [2.45, 2.75) is 6.92 Å². The summed E-state index contributed by atoms with van der Waals surface area (Å²) in [6, 6.07) is 28.5. The normalized spacial score (nSPS) is 10.7. The van der Waals surface area contributed by atoms with E-state index >= 15 is 0 Å². The van der Waals surface area contributed by atoms with E-state index in [1.165, 1.54) is 0 Å². The zero-order chi connectivity index (χ0) is 18.8. The first-order valence-electron chi connectivity index (χ1n) is 8.83. The summed E-state index contributed by atoms with van der Waals surface area (Å²) in [6.45, 7) is 1.85. The number of aromatic nitrogens is 1. The van der Waals surface area contributed by atoms with Gasteiger partial charge in [0, 0.05) is 11.3 Å². The van der Waals surface area contributed by atoms with Crippen LogP contribution in [-0.4, -0.2) is 9.67 Å². The molecule has 0 radical (unpaired) electrons. The van der Waals surface area contributed by atoms with Crippen LogP contribution in [0.25, 0.3) is 28.1 Å². The van der Waals surface area contributed by atoms with Crippen LogP contribution in [0.1, 0.15) is 5.56 Å². The Morgan fingerprint density at radius 1 is 0.704 bits per heavy atom. The summed E-state index contributed by atoms with van der Waals surface area (Å²) in [7, 11) is 0. The van der Waals surface area contributed by atoms with Crippen molar-refractivity contribution in [3.63, 3.8) is 0 Å². The van der Waals surface area contributed by atoms with Crippen LogP contribution in [0.4, 0.5) is 0 Å². The molecule has 0 fully saturated rings. The Bertz CT molecular complexity index is 1130. The maximum Gasteiger partial charge on any atom is 0.267 e. The summed E-state index contributed by atoms with van der Waals surface area (Å²) in [4.78, 5) is 13.5. The lowest BCUT2D eigenvalue weighted by molar-refractivity contribution is 0.471. The van der Waals surface area contributed by atoms with Gasteiger partial charge in [-0.25, -0.2) is 0 Å². The summed E-state index contributed by atoms with van der Waals surface area (Å²) in [5.41, 5.74) is 3.79. The first-order chi connectivity index (χ1) is 13.2. The molecule has 3 heteroatoms. The minimum atomic E-state index is -0.241. The number of hydrogen-bond donors (Lipinski definition) is 1. The lowest BCUT2D eigenvalue weighted by Crippen LogP contribution is -2.23. The molecule has 0 unspecified atom stereocenters. The fraction of sp³-hybridized carbons (Fsp3) is 0.0417. The maximum atomic E-state index is 13.5. The Kier molecular flexibility index (Phi) is 4.35. The number of rotatable bonds is 3. The molecule has 1 aromatic heterocycles. The van der Waals surface area contributed by atoms with Crippen LogP contribution in [0.5, 0.6) is 5.75 Å². The van der Waals surface area contributed by atoms with Gasteiger partial charge in [0.1, 0.15) is 5.75 Å².